The van der Waals surface area contributed by atoms with Crippen LogP contribution >= 0.6 is 0 Å². The van der Waals surface area contributed by atoms with Gasteiger partial charge in [-0.3, -0.25) is 4.79 Å². The lowest BCUT2D eigenvalue weighted by molar-refractivity contribution is 0.0951. The van der Waals surface area contributed by atoms with Gasteiger partial charge in [-0.05, 0) is 25.6 Å². The van der Waals surface area contributed by atoms with E-state index in [0.717, 1.165) is 11.3 Å². The van der Waals surface area contributed by atoms with Gasteiger partial charge in [-0.25, -0.2) is 4.68 Å². The van der Waals surface area contributed by atoms with Gasteiger partial charge in [-0.15, -0.1) is 0 Å². The number of nitrogens with two attached hydrogens (primary N) is 1. The first-order valence-electron chi connectivity index (χ1n) is 3.60. The van der Waals surface area contributed by atoms with Crippen molar-refractivity contribution in [3.63, 3.8) is 0 Å². The molecule has 0 fully saturated rings. The van der Waals surface area contributed by atoms with Crippen molar-refractivity contribution >= 4 is 5.91 Å². The summed E-state index contributed by atoms with van der Waals surface area (Å²) < 4.78 is 1.32. The Bertz CT molecular complexity index is 325. The van der Waals surface area contributed by atoms with Crippen LogP contribution in [0.1, 0.15) is 16.1 Å². The summed E-state index contributed by atoms with van der Waals surface area (Å²) in [6.07, 6.45) is 4.13. The maximum Gasteiger partial charge on any atom is 0.272 e. The van der Waals surface area contributed by atoms with E-state index in [1.165, 1.54) is 17.0 Å². The highest BCUT2D eigenvalue weighted by Crippen LogP contribution is 2.04. The van der Waals surface area contributed by atoms with Crippen LogP contribution in [0.3, 0.4) is 0 Å². The van der Waals surface area contributed by atoms with Crippen molar-refractivity contribution in [2.75, 3.05) is 0 Å². The minimum atomic E-state index is -0.219. The molecule has 0 bridgehead atoms. The molecule has 0 saturated heterocycles. The number of nitrogens with zero attached hydrogens (tertiary/aromatic N) is 2. The van der Waals surface area contributed by atoms with Gasteiger partial charge in [-0.2, -0.15) is 5.10 Å². The Morgan fingerprint density at radius 1 is 1.67 bits per heavy atom. The minimum absolute atomic E-state index is 0.219. The number of hydrogen-bond donors (Lipinski definition) is 1. The van der Waals surface area contributed by atoms with Crippen molar-refractivity contribution in [3.05, 3.63) is 29.7 Å². The first-order chi connectivity index (χ1) is 5.66. The van der Waals surface area contributed by atoms with Crippen molar-refractivity contribution in [2.24, 2.45) is 5.73 Å². The lowest BCUT2D eigenvalue weighted by Gasteiger charge is -1.97. The summed E-state index contributed by atoms with van der Waals surface area (Å²) in [4.78, 5) is 11.2. The van der Waals surface area contributed by atoms with Crippen LogP contribution in [0, 0.1) is 13.8 Å². The number of carbonyl (C=O) groups is 1. The molecule has 0 aromatic carbocycles. The van der Waals surface area contributed by atoms with Crippen molar-refractivity contribution in [1.29, 1.82) is 0 Å². The maximum atomic E-state index is 11.2. The molecular formula is C8H11N3O. The molecule has 0 aliphatic rings. The molecule has 64 valence electrons. The van der Waals surface area contributed by atoms with Crippen LogP contribution in [0.4, 0.5) is 0 Å². The zero-order valence-corrected chi connectivity index (χ0v) is 7.11. The molecule has 0 atom stereocenters. The minimum Gasteiger partial charge on any atom is -0.404 e. The Balaban J connectivity index is 3.03. The summed E-state index contributed by atoms with van der Waals surface area (Å²) in [5, 5.41) is 3.89. The molecule has 0 spiro atoms. The van der Waals surface area contributed by atoms with Gasteiger partial charge >= 0.3 is 0 Å². The molecule has 1 rings (SSSR count). The Labute approximate surface area is 70.7 Å². The quantitative estimate of drug-likeness (QED) is 0.620. The van der Waals surface area contributed by atoms with E-state index in [2.05, 4.69) is 5.10 Å². The highest BCUT2D eigenvalue weighted by atomic mass is 16.2. The van der Waals surface area contributed by atoms with Crippen molar-refractivity contribution in [3.8, 4) is 0 Å². The smallest absolute Gasteiger partial charge is 0.272 e. The van der Waals surface area contributed by atoms with E-state index in [-0.39, 0.29) is 5.91 Å². The van der Waals surface area contributed by atoms with E-state index in [0.29, 0.717) is 0 Å². The molecule has 1 aromatic heterocycles. The summed E-state index contributed by atoms with van der Waals surface area (Å²) in [6, 6.07) is 0. The average molecular weight is 165 g/mol. The molecule has 4 heteroatoms. The molecule has 0 saturated carbocycles. The number of hydrogen-bond acceptors (Lipinski definition) is 3. The maximum absolute atomic E-state index is 11.2. The molecule has 0 aliphatic carbocycles. The van der Waals surface area contributed by atoms with Gasteiger partial charge in [0.25, 0.3) is 5.91 Å². The number of allylic oxidation sites excluding steroid dienone is 1. The number of aromatic nitrogens is 2. The Morgan fingerprint density at radius 3 is 2.75 bits per heavy atom. The fourth-order valence-corrected chi connectivity index (χ4v) is 0.867. The second-order valence-electron chi connectivity index (χ2n) is 2.52. The SMILES string of the molecule is Cc1cnn(C(=O)/C=C\N)c1C. The third kappa shape index (κ3) is 1.37. The lowest BCUT2D eigenvalue weighted by atomic mass is 10.3. The first kappa shape index (κ1) is 8.52. The van der Waals surface area contributed by atoms with E-state index >= 15 is 0 Å². The van der Waals surface area contributed by atoms with Gasteiger partial charge < -0.3 is 5.73 Å². The van der Waals surface area contributed by atoms with Crippen LogP contribution in [0.5, 0.6) is 0 Å². The van der Waals surface area contributed by atoms with Crippen molar-refractivity contribution in [1.82, 2.24) is 9.78 Å². The fraction of sp³-hybridized carbons (Fsp3) is 0.250. The average Bonchev–Trinajstić information content (AvgIpc) is 2.34. The van der Waals surface area contributed by atoms with Crippen molar-refractivity contribution in [2.45, 2.75) is 13.8 Å². The molecule has 4 nitrogen and oxygen atoms in total. The molecule has 1 heterocycles. The van der Waals surface area contributed by atoms with E-state index in [1.807, 2.05) is 13.8 Å². The van der Waals surface area contributed by atoms with E-state index in [1.54, 1.807) is 6.20 Å². The number of rotatable bonds is 1. The van der Waals surface area contributed by atoms with Crippen LogP contribution in [-0.2, 0) is 0 Å². The van der Waals surface area contributed by atoms with E-state index in [9.17, 15) is 4.79 Å². The second kappa shape index (κ2) is 3.21. The second-order valence-corrected chi connectivity index (χ2v) is 2.52. The van der Waals surface area contributed by atoms with Gasteiger partial charge in [-0.1, -0.05) is 0 Å². The summed E-state index contributed by atoms with van der Waals surface area (Å²) >= 11 is 0. The molecule has 0 unspecified atom stereocenters. The monoisotopic (exact) mass is 165 g/mol. The zero-order valence-electron chi connectivity index (χ0n) is 7.11. The Hall–Kier alpha value is -1.58. The molecule has 0 amide bonds. The van der Waals surface area contributed by atoms with Crippen LogP contribution < -0.4 is 5.73 Å². The third-order valence-electron chi connectivity index (χ3n) is 1.70. The fourth-order valence-electron chi connectivity index (χ4n) is 0.867. The van der Waals surface area contributed by atoms with Crippen LogP contribution in [-0.4, -0.2) is 15.7 Å². The first-order valence-corrected chi connectivity index (χ1v) is 3.60. The van der Waals surface area contributed by atoms with Gasteiger partial charge in [0, 0.05) is 11.8 Å². The summed E-state index contributed by atoms with van der Waals surface area (Å²) in [5.41, 5.74) is 6.92. The molecule has 0 aliphatic heterocycles. The van der Waals surface area contributed by atoms with Gasteiger partial charge in [0.15, 0.2) is 0 Å². The van der Waals surface area contributed by atoms with Gasteiger partial charge in [0.1, 0.15) is 0 Å². The highest BCUT2D eigenvalue weighted by molar-refractivity contribution is 5.89. The molecular weight excluding hydrogens is 154 g/mol. The largest absolute Gasteiger partial charge is 0.404 e. The summed E-state index contributed by atoms with van der Waals surface area (Å²) in [5.74, 6) is -0.219. The zero-order chi connectivity index (χ0) is 9.14. The number of aryl methyl sites for hydroxylation is 1. The topological polar surface area (TPSA) is 60.9 Å². The van der Waals surface area contributed by atoms with Crippen LogP contribution in [0.15, 0.2) is 18.5 Å². The Kier molecular flexibility index (Phi) is 2.28. The molecule has 1 aromatic rings. The van der Waals surface area contributed by atoms with Gasteiger partial charge in [0.05, 0.1) is 6.20 Å². The van der Waals surface area contributed by atoms with E-state index < -0.39 is 0 Å². The highest BCUT2D eigenvalue weighted by Gasteiger charge is 2.06. The van der Waals surface area contributed by atoms with Gasteiger partial charge in [0.2, 0.25) is 0 Å². The van der Waals surface area contributed by atoms with E-state index in [4.69, 9.17) is 5.73 Å². The standard InChI is InChI=1S/C8H11N3O/c1-6-5-10-11(7(6)2)8(12)3-4-9/h3-5H,9H2,1-2H3/b4-3-. The molecule has 0 radical (unpaired) electrons. The lowest BCUT2D eigenvalue weighted by Crippen LogP contribution is -2.11. The third-order valence-corrected chi connectivity index (χ3v) is 1.70. The van der Waals surface area contributed by atoms with Crippen LogP contribution in [0.25, 0.3) is 0 Å². The van der Waals surface area contributed by atoms with Crippen molar-refractivity contribution < 1.29 is 4.79 Å². The molecule has 12 heavy (non-hydrogen) atoms. The predicted molar refractivity (Wildman–Crippen MR) is 45.7 cm³/mol. The number of carbonyl (C=O) groups excluding carboxylic acids is 1. The summed E-state index contributed by atoms with van der Waals surface area (Å²) in [6.45, 7) is 3.74. The molecule has 2 N–H and O–H groups in total. The normalized spacial score (nSPS) is 10.8. The summed E-state index contributed by atoms with van der Waals surface area (Å²) in [7, 11) is 0. The predicted octanol–water partition coefficient (Wildman–Crippen LogP) is 0.613. The van der Waals surface area contributed by atoms with Crippen LogP contribution in [0.2, 0.25) is 0 Å². The Morgan fingerprint density at radius 2 is 2.33 bits per heavy atom.